The van der Waals surface area contributed by atoms with Crippen molar-refractivity contribution in [3.8, 4) is 0 Å². The van der Waals surface area contributed by atoms with Crippen molar-refractivity contribution in [2.45, 2.75) is 50.6 Å². The average molecular weight is 298 g/mol. The number of rotatable bonds is 2. The number of carbonyl (C=O) groups is 1. The highest BCUT2D eigenvalue weighted by atomic mass is 19.4. The predicted octanol–water partition coefficient (Wildman–Crippen LogP) is 3.08. The highest BCUT2D eigenvalue weighted by molar-refractivity contribution is 5.84. The summed E-state index contributed by atoms with van der Waals surface area (Å²) in [6, 6.07) is 4.97. The first kappa shape index (κ1) is 14.4. The van der Waals surface area contributed by atoms with Crippen molar-refractivity contribution in [2.24, 2.45) is 0 Å². The van der Waals surface area contributed by atoms with Crippen LogP contribution in [0.5, 0.6) is 0 Å². The molecular formula is C15H17F3N2O. The van der Waals surface area contributed by atoms with Gasteiger partial charge in [0.1, 0.15) is 6.17 Å². The van der Waals surface area contributed by atoms with Gasteiger partial charge in [-0.25, -0.2) is 0 Å². The first-order chi connectivity index (χ1) is 9.88. The third-order valence-corrected chi connectivity index (χ3v) is 4.33. The quantitative estimate of drug-likeness (QED) is 0.910. The minimum atomic E-state index is -4.33. The summed E-state index contributed by atoms with van der Waals surface area (Å²) < 4.78 is 37.8. The smallest absolute Gasteiger partial charge is 0.319 e. The predicted molar refractivity (Wildman–Crippen MR) is 71.3 cm³/mol. The summed E-state index contributed by atoms with van der Waals surface area (Å²) in [6.07, 6.45) is -1.62. The van der Waals surface area contributed by atoms with E-state index >= 15 is 0 Å². The van der Waals surface area contributed by atoms with E-state index in [9.17, 15) is 18.0 Å². The van der Waals surface area contributed by atoms with Crippen molar-refractivity contribution in [3.05, 3.63) is 35.4 Å². The molecule has 1 amide bonds. The molecule has 6 heteroatoms. The third kappa shape index (κ3) is 2.52. The number of hydrogen-bond donors (Lipinski definition) is 1. The Balaban J connectivity index is 1.86. The van der Waals surface area contributed by atoms with Crippen LogP contribution in [0.2, 0.25) is 0 Å². The van der Waals surface area contributed by atoms with E-state index in [0.717, 1.165) is 31.4 Å². The van der Waals surface area contributed by atoms with E-state index in [2.05, 4.69) is 5.32 Å². The van der Waals surface area contributed by atoms with Gasteiger partial charge >= 0.3 is 6.18 Å². The lowest BCUT2D eigenvalue weighted by Crippen LogP contribution is -2.43. The van der Waals surface area contributed by atoms with Gasteiger partial charge in [0.15, 0.2) is 0 Å². The highest BCUT2D eigenvalue weighted by Gasteiger charge is 2.43. The largest absolute Gasteiger partial charge is 0.416 e. The normalized spacial score (nSPS) is 27.0. The summed E-state index contributed by atoms with van der Waals surface area (Å²) in [5, 5.41) is 3.17. The number of alkyl halides is 3. The number of nitrogens with one attached hydrogen (secondary N) is 1. The van der Waals surface area contributed by atoms with E-state index in [-0.39, 0.29) is 24.2 Å². The Bertz CT molecular complexity index is 537. The molecule has 0 aromatic heterocycles. The topological polar surface area (TPSA) is 32.3 Å². The van der Waals surface area contributed by atoms with E-state index in [4.69, 9.17) is 0 Å². The maximum atomic E-state index is 12.6. The van der Waals surface area contributed by atoms with Gasteiger partial charge in [0.2, 0.25) is 5.91 Å². The second kappa shape index (κ2) is 5.02. The molecule has 1 aromatic rings. The van der Waals surface area contributed by atoms with Crippen LogP contribution in [0.25, 0.3) is 0 Å². The van der Waals surface area contributed by atoms with Gasteiger partial charge in [-0.3, -0.25) is 10.1 Å². The van der Waals surface area contributed by atoms with Crippen molar-refractivity contribution >= 4 is 5.91 Å². The van der Waals surface area contributed by atoms with E-state index in [1.165, 1.54) is 12.1 Å². The third-order valence-electron chi connectivity index (χ3n) is 4.33. The Labute approximate surface area is 121 Å². The maximum Gasteiger partial charge on any atom is 0.416 e. The Morgan fingerprint density at radius 2 is 1.81 bits per heavy atom. The van der Waals surface area contributed by atoms with Crippen LogP contribution in [0, 0.1) is 0 Å². The van der Waals surface area contributed by atoms with Crippen LogP contribution in [0.4, 0.5) is 13.2 Å². The molecule has 114 valence electrons. The lowest BCUT2D eigenvalue weighted by atomic mass is 9.90. The monoisotopic (exact) mass is 298 g/mol. The SMILES string of the molecule is CC1NC(c2ccc(C(F)(F)F)cc2)N(C2CCC2)C1=O. The molecule has 1 aliphatic carbocycles. The Hall–Kier alpha value is -1.56. The summed E-state index contributed by atoms with van der Waals surface area (Å²) in [5.41, 5.74) is 0.0337. The summed E-state index contributed by atoms with van der Waals surface area (Å²) in [7, 11) is 0. The molecule has 2 unspecified atom stereocenters. The molecular weight excluding hydrogens is 281 g/mol. The Morgan fingerprint density at radius 3 is 2.29 bits per heavy atom. The molecule has 1 saturated carbocycles. The molecule has 1 aromatic carbocycles. The highest BCUT2D eigenvalue weighted by Crippen LogP contribution is 2.36. The average Bonchev–Trinajstić information content (AvgIpc) is 2.65. The molecule has 2 atom stereocenters. The van der Waals surface area contributed by atoms with Gasteiger partial charge in [-0.2, -0.15) is 13.2 Å². The first-order valence-corrected chi connectivity index (χ1v) is 7.13. The zero-order valence-electron chi connectivity index (χ0n) is 11.7. The van der Waals surface area contributed by atoms with Crippen LogP contribution in [0.15, 0.2) is 24.3 Å². The molecule has 2 aliphatic rings. The molecule has 1 heterocycles. The number of hydrogen-bond acceptors (Lipinski definition) is 2. The van der Waals surface area contributed by atoms with Crippen molar-refractivity contribution in [1.29, 1.82) is 0 Å². The fraction of sp³-hybridized carbons (Fsp3) is 0.533. The fourth-order valence-electron chi connectivity index (χ4n) is 2.91. The number of benzene rings is 1. The molecule has 1 saturated heterocycles. The van der Waals surface area contributed by atoms with Gasteiger partial charge in [0.05, 0.1) is 11.6 Å². The molecule has 3 rings (SSSR count). The second-order valence-electron chi connectivity index (χ2n) is 5.74. The van der Waals surface area contributed by atoms with Crippen LogP contribution in [-0.2, 0) is 11.0 Å². The van der Waals surface area contributed by atoms with Crippen LogP contribution < -0.4 is 5.32 Å². The summed E-state index contributed by atoms with van der Waals surface area (Å²) in [6.45, 7) is 1.79. The second-order valence-corrected chi connectivity index (χ2v) is 5.74. The first-order valence-electron chi connectivity index (χ1n) is 7.13. The summed E-state index contributed by atoms with van der Waals surface area (Å²) in [5.74, 6) is 0.0320. The van der Waals surface area contributed by atoms with Crippen molar-refractivity contribution < 1.29 is 18.0 Å². The minimum Gasteiger partial charge on any atom is -0.319 e. The van der Waals surface area contributed by atoms with E-state index in [1.807, 2.05) is 0 Å². The summed E-state index contributed by atoms with van der Waals surface area (Å²) >= 11 is 0. The minimum absolute atomic E-state index is 0.0320. The molecule has 0 spiro atoms. The van der Waals surface area contributed by atoms with Gasteiger partial charge < -0.3 is 4.90 Å². The van der Waals surface area contributed by atoms with Gasteiger partial charge in [-0.1, -0.05) is 12.1 Å². The van der Waals surface area contributed by atoms with Crippen LogP contribution in [0.3, 0.4) is 0 Å². The molecule has 0 radical (unpaired) electrons. The van der Waals surface area contributed by atoms with Gasteiger partial charge in [0.25, 0.3) is 0 Å². The number of nitrogens with zero attached hydrogens (tertiary/aromatic N) is 1. The Kier molecular flexibility index (Phi) is 3.43. The fourth-order valence-corrected chi connectivity index (χ4v) is 2.91. The molecule has 0 bridgehead atoms. The number of amides is 1. The summed E-state index contributed by atoms with van der Waals surface area (Å²) in [4.78, 5) is 14.0. The maximum absolute atomic E-state index is 12.6. The number of carbonyl (C=O) groups excluding carboxylic acids is 1. The van der Waals surface area contributed by atoms with Crippen molar-refractivity contribution in [2.75, 3.05) is 0 Å². The zero-order chi connectivity index (χ0) is 15.2. The van der Waals surface area contributed by atoms with Crippen molar-refractivity contribution in [1.82, 2.24) is 10.2 Å². The van der Waals surface area contributed by atoms with Gasteiger partial charge in [0, 0.05) is 6.04 Å². The van der Waals surface area contributed by atoms with Crippen LogP contribution in [-0.4, -0.2) is 22.9 Å². The molecule has 2 fully saturated rings. The lowest BCUT2D eigenvalue weighted by Gasteiger charge is -2.38. The zero-order valence-corrected chi connectivity index (χ0v) is 11.7. The van der Waals surface area contributed by atoms with Crippen LogP contribution in [0.1, 0.15) is 43.5 Å². The van der Waals surface area contributed by atoms with E-state index in [0.29, 0.717) is 5.56 Å². The van der Waals surface area contributed by atoms with E-state index < -0.39 is 11.7 Å². The molecule has 1 aliphatic heterocycles. The number of halogens is 3. The van der Waals surface area contributed by atoms with Crippen LogP contribution >= 0.6 is 0 Å². The van der Waals surface area contributed by atoms with E-state index in [1.54, 1.807) is 11.8 Å². The molecule has 3 nitrogen and oxygen atoms in total. The standard InChI is InChI=1S/C15H17F3N2O/c1-9-14(21)20(12-3-2-4-12)13(19-9)10-5-7-11(8-6-10)15(16,17)18/h5-9,12-13,19H,2-4H2,1H3. The van der Waals surface area contributed by atoms with Gasteiger partial charge in [-0.15, -0.1) is 0 Å². The molecule has 1 N–H and O–H groups in total. The Morgan fingerprint density at radius 1 is 1.19 bits per heavy atom. The van der Waals surface area contributed by atoms with Crippen molar-refractivity contribution in [3.63, 3.8) is 0 Å². The lowest BCUT2D eigenvalue weighted by molar-refractivity contribution is -0.137. The molecule has 21 heavy (non-hydrogen) atoms. The van der Waals surface area contributed by atoms with Gasteiger partial charge in [-0.05, 0) is 43.9 Å².